The quantitative estimate of drug-likeness (QED) is 0.603. The lowest BCUT2D eigenvalue weighted by molar-refractivity contribution is -0.0489. The summed E-state index contributed by atoms with van der Waals surface area (Å²) in [4.78, 5) is 0. The fourth-order valence-corrected chi connectivity index (χ4v) is 1.26. The van der Waals surface area contributed by atoms with E-state index in [0.717, 1.165) is 19.1 Å². The Labute approximate surface area is 56.6 Å². The van der Waals surface area contributed by atoms with Gasteiger partial charge in [-0.3, -0.25) is 0 Å². The summed E-state index contributed by atoms with van der Waals surface area (Å²) in [6.45, 7) is 4.12. The minimum atomic E-state index is 0.679. The van der Waals surface area contributed by atoms with E-state index in [1.54, 1.807) is 0 Å². The second kappa shape index (κ2) is 3.18. The first-order valence-electron chi connectivity index (χ1n) is 3.63. The molecule has 1 aliphatic rings. The Balaban J connectivity index is 2.19. The summed E-state index contributed by atoms with van der Waals surface area (Å²) in [7, 11) is 2.02. The molecule has 1 N–H and O–H groups in total. The summed E-state index contributed by atoms with van der Waals surface area (Å²) in [6, 6.07) is 0.679. The monoisotopic (exact) mass is 129 g/mol. The Kier molecular flexibility index (Phi) is 2.49. The lowest BCUT2D eigenvalue weighted by Gasteiger charge is -2.32. The second-order valence-corrected chi connectivity index (χ2v) is 2.60. The van der Waals surface area contributed by atoms with E-state index in [4.69, 9.17) is 4.74 Å². The van der Waals surface area contributed by atoms with Crippen LogP contribution >= 0.6 is 0 Å². The number of hydrogen-bond acceptors (Lipinski definition) is 2. The highest BCUT2D eigenvalue weighted by Crippen LogP contribution is 2.16. The van der Waals surface area contributed by atoms with E-state index in [0.29, 0.717) is 6.04 Å². The van der Waals surface area contributed by atoms with Crippen molar-refractivity contribution in [2.24, 2.45) is 5.92 Å². The zero-order valence-electron chi connectivity index (χ0n) is 6.18. The van der Waals surface area contributed by atoms with Crippen molar-refractivity contribution < 1.29 is 4.74 Å². The van der Waals surface area contributed by atoms with Crippen molar-refractivity contribution in [3.05, 3.63) is 0 Å². The Morgan fingerprint density at radius 3 is 2.44 bits per heavy atom. The molecule has 54 valence electrons. The molecule has 1 saturated heterocycles. The maximum Gasteiger partial charge on any atom is 0.0531 e. The van der Waals surface area contributed by atoms with Gasteiger partial charge in [-0.1, -0.05) is 6.92 Å². The van der Waals surface area contributed by atoms with Crippen molar-refractivity contribution in [2.45, 2.75) is 19.4 Å². The van der Waals surface area contributed by atoms with E-state index < -0.39 is 0 Å². The first-order chi connectivity index (χ1) is 4.38. The lowest BCUT2D eigenvalue weighted by atomic mass is 9.96. The Bertz CT molecular complexity index is 77.0. The summed E-state index contributed by atoms with van der Waals surface area (Å²) in [5.41, 5.74) is 0. The molecule has 1 heterocycles. The molecular weight excluding hydrogens is 114 g/mol. The van der Waals surface area contributed by atoms with Crippen LogP contribution in [0.4, 0.5) is 0 Å². The van der Waals surface area contributed by atoms with E-state index in [9.17, 15) is 0 Å². The molecule has 0 spiro atoms. The molecule has 1 unspecified atom stereocenters. The molecule has 1 fully saturated rings. The minimum absolute atomic E-state index is 0.679. The van der Waals surface area contributed by atoms with Gasteiger partial charge in [0.05, 0.1) is 13.2 Å². The van der Waals surface area contributed by atoms with Crippen LogP contribution in [0.2, 0.25) is 0 Å². The molecule has 0 aromatic carbocycles. The molecule has 0 bridgehead atoms. The first kappa shape index (κ1) is 7.03. The van der Waals surface area contributed by atoms with E-state index in [1.807, 2.05) is 7.05 Å². The standard InChI is InChI=1S/C7H15NO/c1-3-7(8-2)6-4-9-5-6/h6-8H,3-5H2,1-2H3. The topological polar surface area (TPSA) is 21.3 Å². The van der Waals surface area contributed by atoms with Crippen LogP contribution in [-0.4, -0.2) is 26.3 Å². The van der Waals surface area contributed by atoms with E-state index in [1.165, 1.54) is 6.42 Å². The third-order valence-electron chi connectivity index (χ3n) is 2.04. The number of ether oxygens (including phenoxy) is 1. The second-order valence-electron chi connectivity index (χ2n) is 2.60. The largest absolute Gasteiger partial charge is 0.381 e. The molecule has 2 heteroatoms. The third kappa shape index (κ3) is 1.43. The smallest absolute Gasteiger partial charge is 0.0531 e. The average Bonchev–Trinajstić information content (AvgIpc) is 1.78. The third-order valence-corrected chi connectivity index (χ3v) is 2.04. The fraction of sp³-hybridized carbons (Fsp3) is 1.00. The Morgan fingerprint density at radius 1 is 1.67 bits per heavy atom. The van der Waals surface area contributed by atoms with E-state index in [-0.39, 0.29) is 0 Å². The van der Waals surface area contributed by atoms with Crippen LogP contribution < -0.4 is 5.32 Å². The van der Waals surface area contributed by atoms with Gasteiger partial charge in [0.2, 0.25) is 0 Å². The molecule has 9 heavy (non-hydrogen) atoms. The van der Waals surface area contributed by atoms with Crippen molar-refractivity contribution in [1.29, 1.82) is 0 Å². The van der Waals surface area contributed by atoms with Crippen LogP contribution in [-0.2, 0) is 4.74 Å². The van der Waals surface area contributed by atoms with Crippen LogP contribution in [0.15, 0.2) is 0 Å². The SMILES string of the molecule is CCC(NC)C1COC1. The van der Waals surface area contributed by atoms with Crippen LogP contribution in [0.1, 0.15) is 13.3 Å². The maximum atomic E-state index is 5.08. The first-order valence-corrected chi connectivity index (χ1v) is 3.63. The zero-order chi connectivity index (χ0) is 6.69. The summed E-state index contributed by atoms with van der Waals surface area (Å²) >= 11 is 0. The fourth-order valence-electron chi connectivity index (χ4n) is 1.26. The van der Waals surface area contributed by atoms with Gasteiger partial charge in [0.25, 0.3) is 0 Å². The minimum Gasteiger partial charge on any atom is -0.381 e. The number of rotatable bonds is 3. The van der Waals surface area contributed by atoms with Crippen molar-refractivity contribution in [2.75, 3.05) is 20.3 Å². The van der Waals surface area contributed by atoms with Gasteiger partial charge in [-0.15, -0.1) is 0 Å². The van der Waals surface area contributed by atoms with Crippen molar-refractivity contribution in [3.8, 4) is 0 Å². The molecule has 0 radical (unpaired) electrons. The highest BCUT2D eigenvalue weighted by atomic mass is 16.5. The van der Waals surface area contributed by atoms with Crippen LogP contribution in [0.25, 0.3) is 0 Å². The normalized spacial score (nSPS) is 23.3. The van der Waals surface area contributed by atoms with Gasteiger partial charge in [-0.2, -0.15) is 0 Å². The van der Waals surface area contributed by atoms with Crippen molar-refractivity contribution >= 4 is 0 Å². The maximum absolute atomic E-state index is 5.08. The summed E-state index contributed by atoms with van der Waals surface area (Å²) in [6.07, 6.45) is 1.21. The van der Waals surface area contributed by atoms with Crippen LogP contribution in [0.5, 0.6) is 0 Å². The molecule has 0 aromatic rings. The van der Waals surface area contributed by atoms with Gasteiger partial charge in [-0.25, -0.2) is 0 Å². The predicted molar refractivity (Wildman–Crippen MR) is 37.4 cm³/mol. The van der Waals surface area contributed by atoms with E-state index >= 15 is 0 Å². The highest BCUT2D eigenvalue weighted by molar-refractivity contribution is 4.78. The average molecular weight is 129 g/mol. The summed E-state index contributed by atoms with van der Waals surface area (Å²) in [5, 5.41) is 3.27. The van der Waals surface area contributed by atoms with Crippen LogP contribution in [0, 0.1) is 5.92 Å². The highest BCUT2D eigenvalue weighted by Gasteiger charge is 2.25. The molecule has 0 amide bonds. The van der Waals surface area contributed by atoms with Gasteiger partial charge in [0.15, 0.2) is 0 Å². The Hall–Kier alpha value is -0.0800. The van der Waals surface area contributed by atoms with Gasteiger partial charge >= 0.3 is 0 Å². The van der Waals surface area contributed by atoms with Crippen LogP contribution in [0.3, 0.4) is 0 Å². The van der Waals surface area contributed by atoms with Crippen molar-refractivity contribution in [1.82, 2.24) is 5.32 Å². The van der Waals surface area contributed by atoms with Gasteiger partial charge < -0.3 is 10.1 Å². The molecular formula is C7H15NO. The number of hydrogen-bond donors (Lipinski definition) is 1. The molecule has 0 saturated carbocycles. The molecule has 1 aliphatic heterocycles. The molecule has 0 aromatic heterocycles. The lowest BCUT2D eigenvalue weighted by Crippen LogP contribution is -2.44. The van der Waals surface area contributed by atoms with Gasteiger partial charge in [-0.05, 0) is 13.5 Å². The molecule has 2 nitrogen and oxygen atoms in total. The van der Waals surface area contributed by atoms with Gasteiger partial charge in [0, 0.05) is 12.0 Å². The number of nitrogens with one attached hydrogen (secondary N) is 1. The molecule has 0 aliphatic carbocycles. The van der Waals surface area contributed by atoms with E-state index in [2.05, 4.69) is 12.2 Å². The molecule has 1 rings (SSSR count). The van der Waals surface area contributed by atoms with Gasteiger partial charge in [0.1, 0.15) is 0 Å². The molecule has 1 atom stereocenters. The predicted octanol–water partition coefficient (Wildman–Crippen LogP) is 0.631. The summed E-state index contributed by atoms with van der Waals surface area (Å²) in [5.74, 6) is 0.778. The Morgan fingerprint density at radius 2 is 2.33 bits per heavy atom. The zero-order valence-corrected chi connectivity index (χ0v) is 6.18. The van der Waals surface area contributed by atoms with Crippen molar-refractivity contribution in [3.63, 3.8) is 0 Å². The summed E-state index contributed by atoms with van der Waals surface area (Å²) < 4.78 is 5.08.